The Morgan fingerprint density at radius 3 is 3.00 bits per heavy atom. The number of ether oxygens (including phenoxy) is 1. The molecule has 0 atom stereocenters. The van der Waals surface area contributed by atoms with E-state index in [2.05, 4.69) is 4.98 Å². The zero-order chi connectivity index (χ0) is 13.1. The van der Waals surface area contributed by atoms with E-state index in [4.69, 9.17) is 10.1 Å². The molecule has 2 heterocycles. The number of nitrogens with one attached hydrogen (secondary N) is 1. The average Bonchev–Trinajstić information content (AvgIpc) is 2.57. The molecule has 1 aliphatic rings. The van der Waals surface area contributed by atoms with Gasteiger partial charge in [0.1, 0.15) is 0 Å². The second kappa shape index (κ2) is 5.07. The molecule has 0 radical (unpaired) electrons. The van der Waals surface area contributed by atoms with Gasteiger partial charge >= 0.3 is 6.09 Å². The van der Waals surface area contributed by atoms with Crippen molar-refractivity contribution in [1.82, 2.24) is 14.6 Å². The molecule has 7 heteroatoms. The number of carbonyl (C=O) groups is 1. The van der Waals surface area contributed by atoms with Crippen molar-refractivity contribution >= 4 is 6.09 Å². The van der Waals surface area contributed by atoms with Gasteiger partial charge in [0.25, 0.3) is 0 Å². The normalized spacial score (nSPS) is 14.8. The highest BCUT2D eigenvalue weighted by Gasteiger charge is 2.21. The van der Waals surface area contributed by atoms with Gasteiger partial charge in [-0.1, -0.05) is 0 Å². The predicted molar refractivity (Wildman–Crippen MR) is 61.3 cm³/mol. The van der Waals surface area contributed by atoms with Crippen molar-refractivity contribution in [3.05, 3.63) is 23.1 Å². The van der Waals surface area contributed by atoms with Gasteiger partial charge < -0.3 is 14.8 Å². The van der Waals surface area contributed by atoms with Crippen molar-refractivity contribution in [1.29, 1.82) is 5.41 Å². The third-order valence-electron chi connectivity index (χ3n) is 2.92. The summed E-state index contributed by atoms with van der Waals surface area (Å²) in [7, 11) is 0. The summed E-state index contributed by atoms with van der Waals surface area (Å²) in [4.78, 5) is 17.4. The summed E-state index contributed by atoms with van der Waals surface area (Å²) in [6, 6.07) is 0. The van der Waals surface area contributed by atoms with E-state index in [9.17, 15) is 10.0 Å². The third kappa shape index (κ3) is 2.29. The van der Waals surface area contributed by atoms with Crippen LogP contribution in [0.1, 0.15) is 18.3 Å². The number of carbonyl (C=O) groups excluding carboxylic acids is 1. The molecule has 0 fully saturated rings. The Labute approximate surface area is 104 Å². The molecule has 1 aromatic rings. The Balaban J connectivity index is 2.19. The van der Waals surface area contributed by atoms with Crippen LogP contribution in [0, 0.1) is 5.41 Å². The highest BCUT2D eigenvalue weighted by molar-refractivity contribution is 5.67. The molecular weight excluding hydrogens is 236 g/mol. The molecule has 0 spiro atoms. The van der Waals surface area contributed by atoms with Crippen molar-refractivity contribution in [2.45, 2.75) is 19.8 Å². The van der Waals surface area contributed by atoms with Gasteiger partial charge in [0.15, 0.2) is 5.49 Å². The lowest BCUT2D eigenvalue weighted by atomic mass is 10.2. The van der Waals surface area contributed by atoms with E-state index in [-0.39, 0.29) is 11.6 Å². The number of hydrogen-bond acceptors (Lipinski definition) is 5. The van der Waals surface area contributed by atoms with Crippen molar-refractivity contribution in [3.8, 4) is 0 Å². The second-order valence-electron chi connectivity index (χ2n) is 4.03. The zero-order valence-electron chi connectivity index (χ0n) is 10.2. The highest BCUT2D eigenvalue weighted by Crippen LogP contribution is 2.12. The summed E-state index contributed by atoms with van der Waals surface area (Å²) in [5, 5.41) is 17.2. The van der Waals surface area contributed by atoms with Crippen LogP contribution in [0.5, 0.6) is 0 Å². The van der Waals surface area contributed by atoms with Crippen LogP contribution < -0.4 is 5.49 Å². The number of aromatic nitrogens is 2. The Morgan fingerprint density at radius 1 is 1.56 bits per heavy atom. The first-order valence-corrected chi connectivity index (χ1v) is 5.88. The molecule has 0 saturated heterocycles. The number of amides is 1. The number of hydrogen-bond donors (Lipinski definition) is 2. The van der Waals surface area contributed by atoms with Crippen molar-refractivity contribution in [2.24, 2.45) is 0 Å². The molecule has 0 unspecified atom stereocenters. The van der Waals surface area contributed by atoms with E-state index in [1.807, 2.05) is 0 Å². The van der Waals surface area contributed by atoms with Crippen LogP contribution in [0.15, 0.2) is 6.20 Å². The minimum Gasteiger partial charge on any atom is -0.450 e. The summed E-state index contributed by atoms with van der Waals surface area (Å²) in [6.07, 6.45) is 1.97. The van der Waals surface area contributed by atoms with Crippen LogP contribution in [0.4, 0.5) is 4.79 Å². The third-order valence-corrected chi connectivity index (χ3v) is 2.92. The Hall–Kier alpha value is -2.05. The summed E-state index contributed by atoms with van der Waals surface area (Å²) in [5.41, 5.74) is 1.26. The predicted octanol–water partition coefficient (Wildman–Crippen LogP) is 0.157. The van der Waals surface area contributed by atoms with Gasteiger partial charge in [-0.15, -0.1) is 0 Å². The van der Waals surface area contributed by atoms with Gasteiger partial charge in [0.05, 0.1) is 24.2 Å². The van der Waals surface area contributed by atoms with E-state index in [1.165, 1.54) is 6.20 Å². The average molecular weight is 252 g/mol. The fourth-order valence-corrected chi connectivity index (χ4v) is 1.99. The molecule has 18 heavy (non-hydrogen) atoms. The lowest BCUT2D eigenvalue weighted by molar-refractivity contribution is 0.108. The van der Waals surface area contributed by atoms with Crippen molar-refractivity contribution < 1.29 is 14.7 Å². The van der Waals surface area contributed by atoms with Crippen LogP contribution in [0.2, 0.25) is 0 Å². The molecular formula is C11H16N4O3. The van der Waals surface area contributed by atoms with Crippen LogP contribution in [0.3, 0.4) is 0 Å². The van der Waals surface area contributed by atoms with Crippen LogP contribution in [-0.2, 0) is 17.6 Å². The monoisotopic (exact) mass is 252 g/mol. The minimum atomic E-state index is -0.346. The van der Waals surface area contributed by atoms with E-state index in [0.29, 0.717) is 38.2 Å². The Bertz CT molecular complexity index is 512. The summed E-state index contributed by atoms with van der Waals surface area (Å²) >= 11 is 0. The Kier molecular flexibility index (Phi) is 3.50. The molecule has 98 valence electrons. The topological polar surface area (TPSA) is 91.4 Å². The molecule has 1 aromatic heterocycles. The maximum Gasteiger partial charge on any atom is 0.409 e. The highest BCUT2D eigenvalue weighted by atomic mass is 16.6. The number of fused-ring (bicyclic) bond motifs is 1. The maximum atomic E-state index is 11.6. The van der Waals surface area contributed by atoms with E-state index < -0.39 is 0 Å². The van der Waals surface area contributed by atoms with Crippen LogP contribution in [0.25, 0.3) is 0 Å². The van der Waals surface area contributed by atoms with Crippen LogP contribution in [-0.4, -0.2) is 45.6 Å². The number of rotatable bonds is 1. The SMILES string of the molecule is CCOC(=O)N1CCc2ncc(=N)n(O)c2CC1. The lowest BCUT2D eigenvalue weighted by Crippen LogP contribution is -2.34. The first-order valence-electron chi connectivity index (χ1n) is 5.88. The van der Waals surface area contributed by atoms with Gasteiger partial charge in [-0.2, -0.15) is 4.73 Å². The van der Waals surface area contributed by atoms with Gasteiger partial charge in [0, 0.05) is 25.9 Å². The number of nitrogens with zero attached hydrogens (tertiary/aromatic N) is 3. The molecule has 0 aromatic carbocycles. The fraction of sp³-hybridized carbons (Fsp3) is 0.545. The molecule has 1 aliphatic heterocycles. The molecule has 0 aliphatic carbocycles. The molecule has 1 amide bonds. The van der Waals surface area contributed by atoms with Crippen molar-refractivity contribution in [2.75, 3.05) is 19.7 Å². The van der Waals surface area contributed by atoms with E-state index >= 15 is 0 Å². The van der Waals surface area contributed by atoms with Gasteiger partial charge in [-0.05, 0) is 6.92 Å². The first-order chi connectivity index (χ1) is 8.63. The molecule has 2 rings (SSSR count). The van der Waals surface area contributed by atoms with Crippen molar-refractivity contribution in [3.63, 3.8) is 0 Å². The molecule has 0 bridgehead atoms. The summed E-state index contributed by atoms with van der Waals surface area (Å²) in [5.74, 6) is 0. The van der Waals surface area contributed by atoms with Gasteiger partial charge in [0.2, 0.25) is 0 Å². The minimum absolute atomic E-state index is 0.0571. The maximum absolute atomic E-state index is 11.6. The first kappa shape index (κ1) is 12.4. The molecule has 0 saturated carbocycles. The largest absolute Gasteiger partial charge is 0.450 e. The Morgan fingerprint density at radius 2 is 2.28 bits per heavy atom. The second-order valence-corrected chi connectivity index (χ2v) is 4.03. The standard InChI is InChI=1S/C11H16N4O3/c1-2-18-11(16)14-5-3-8-9(4-6-14)15(17)10(12)7-13-8/h7,12,17H,2-6H2,1H3. The summed E-state index contributed by atoms with van der Waals surface area (Å²) < 4.78 is 5.78. The van der Waals surface area contributed by atoms with E-state index in [0.717, 1.165) is 10.4 Å². The molecule has 7 nitrogen and oxygen atoms in total. The van der Waals surface area contributed by atoms with Gasteiger partial charge in [-0.25, -0.2) is 4.79 Å². The lowest BCUT2D eigenvalue weighted by Gasteiger charge is -2.18. The summed E-state index contributed by atoms with van der Waals surface area (Å²) in [6.45, 7) is 3.07. The quantitative estimate of drug-likeness (QED) is 0.696. The van der Waals surface area contributed by atoms with E-state index in [1.54, 1.807) is 11.8 Å². The smallest absolute Gasteiger partial charge is 0.409 e. The van der Waals surface area contributed by atoms with Gasteiger partial charge in [-0.3, -0.25) is 10.4 Å². The molecule has 2 N–H and O–H groups in total. The fourth-order valence-electron chi connectivity index (χ4n) is 1.99. The van der Waals surface area contributed by atoms with Crippen LogP contribution >= 0.6 is 0 Å². The zero-order valence-corrected chi connectivity index (χ0v) is 10.2.